The molecule has 1 atom stereocenters. The van der Waals surface area contributed by atoms with Gasteiger partial charge < -0.3 is 5.73 Å². The Hall–Kier alpha value is -0.380. The molecule has 1 aromatic rings. The summed E-state index contributed by atoms with van der Waals surface area (Å²) in [6.07, 6.45) is 2.63. The van der Waals surface area contributed by atoms with Crippen molar-refractivity contribution >= 4 is 11.3 Å². The number of hydrogen-bond acceptors (Lipinski definition) is 3. The molecule has 2 rings (SSSR count). The van der Waals surface area contributed by atoms with Crippen LogP contribution in [0, 0.1) is 13.8 Å². The molecular formula is C12H20N2S. The summed E-state index contributed by atoms with van der Waals surface area (Å²) in [6.45, 7) is 7.46. The van der Waals surface area contributed by atoms with Crippen molar-refractivity contribution in [1.82, 2.24) is 4.90 Å². The number of thiophene rings is 1. The fourth-order valence-electron chi connectivity index (χ4n) is 2.35. The summed E-state index contributed by atoms with van der Waals surface area (Å²) in [4.78, 5) is 5.53. The summed E-state index contributed by atoms with van der Waals surface area (Å²) >= 11 is 1.96. The first kappa shape index (κ1) is 11.1. The average Bonchev–Trinajstić information content (AvgIpc) is 2.76. The van der Waals surface area contributed by atoms with Gasteiger partial charge in [0.15, 0.2) is 0 Å². The molecule has 84 valence electrons. The van der Waals surface area contributed by atoms with Gasteiger partial charge in [0.05, 0.1) is 0 Å². The molecule has 0 radical (unpaired) electrons. The van der Waals surface area contributed by atoms with Gasteiger partial charge in [0.2, 0.25) is 0 Å². The fourth-order valence-corrected chi connectivity index (χ4v) is 3.56. The van der Waals surface area contributed by atoms with E-state index in [9.17, 15) is 0 Å². The van der Waals surface area contributed by atoms with Gasteiger partial charge in [-0.1, -0.05) is 0 Å². The van der Waals surface area contributed by atoms with Crippen LogP contribution in [-0.2, 0) is 0 Å². The van der Waals surface area contributed by atoms with Crippen molar-refractivity contribution in [2.75, 3.05) is 19.6 Å². The van der Waals surface area contributed by atoms with E-state index in [4.69, 9.17) is 5.73 Å². The van der Waals surface area contributed by atoms with Gasteiger partial charge in [-0.2, -0.15) is 0 Å². The van der Waals surface area contributed by atoms with Gasteiger partial charge in [-0.25, -0.2) is 0 Å². The van der Waals surface area contributed by atoms with Crippen LogP contribution in [-0.4, -0.2) is 24.5 Å². The van der Waals surface area contributed by atoms with E-state index in [-0.39, 0.29) is 0 Å². The van der Waals surface area contributed by atoms with Crippen LogP contribution in [0.1, 0.15) is 34.2 Å². The van der Waals surface area contributed by atoms with Gasteiger partial charge in [0, 0.05) is 28.9 Å². The van der Waals surface area contributed by atoms with Crippen molar-refractivity contribution in [3.8, 4) is 0 Å². The van der Waals surface area contributed by atoms with Crippen LogP contribution in [0.2, 0.25) is 0 Å². The zero-order chi connectivity index (χ0) is 10.8. The van der Waals surface area contributed by atoms with Crippen molar-refractivity contribution < 1.29 is 0 Å². The summed E-state index contributed by atoms with van der Waals surface area (Å²) < 4.78 is 0. The Balaban J connectivity index is 2.15. The normalized spacial score (nSPS) is 22.5. The van der Waals surface area contributed by atoms with E-state index < -0.39 is 0 Å². The van der Waals surface area contributed by atoms with E-state index >= 15 is 0 Å². The number of nitrogens with two attached hydrogens (primary N) is 1. The number of likely N-dealkylation sites (tertiary alicyclic amines) is 1. The standard InChI is InChI=1S/C12H20N2S/c1-9-8-12(15-10(9)2)11-4-3-6-14(11)7-5-13/h8,11H,3-7,13H2,1-2H3/t11-/m0/s1. The molecule has 3 heteroatoms. The second-order valence-electron chi connectivity index (χ2n) is 4.37. The highest BCUT2D eigenvalue weighted by atomic mass is 32.1. The Morgan fingerprint density at radius 3 is 2.93 bits per heavy atom. The molecule has 1 fully saturated rings. The molecule has 0 saturated carbocycles. The lowest BCUT2D eigenvalue weighted by molar-refractivity contribution is 0.268. The highest BCUT2D eigenvalue weighted by Crippen LogP contribution is 2.36. The smallest absolute Gasteiger partial charge is 0.0442 e. The van der Waals surface area contributed by atoms with Crippen LogP contribution in [0.5, 0.6) is 0 Å². The van der Waals surface area contributed by atoms with E-state index in [2.05, 4.69) is 24.8 Å². The summed E-state index contributed by atoms with van der Waals surface area (Å²) in [6, 6.07) is 3.01. The van der Waals surface area contributed by atoms with Crippen LogP contribution in [0.4, 0.5) is 0 Å². The maximum atomic E-state index is 5.65. The lowest BCUT2D eigenvalue weighted by Crippen LogP contribution is -2.28. The zero-order valence-corrected chi connectivity index (χ0v) is 10.4. The molecule has 0 bridgehead atoms. The quantitative estimate of drug-likeness (QED) is 0.854. The molecular weight excluding hydrogens is 204 g/mol. The van der Waals surface area contributed by atoms with E-state index in [1.807, 2.05) is 11.3 Å². The largest absolute Gasteiger partial charge is 0.329 e. The van der Waals surface area contributed by atoms with Crippen molar-refractivity contribution in [1.29, 1.82) is 0 Å². The minimum Gasteiger partial charge on any atom is -0.329 e. The second-order valence-corrected chi connectivity index (χ2v) is 5.66. The van der Waals surface area contributed by atoms with Crippen LogP contribution < -0.4 is 5.73 Å². The third-order valence-electron chi connectivity index (χ3n) is 3.29. The van der Waals surface area contributed by atoms with Gasteiger partial charge in [0.25, 0.3) is 0 Å². The summed E-state index contributed by atoms with van der Waals surface area (Å²) in [7, 11) is 0. The topological polar surface area (TPSA) is 29.3 Å². The van der Waals surface area contributed by atoms with Crippen molar-refractivity contribution in [3.63, 3.8) is 0 Å². The fraction of sp³-hybridized carbons (Fsp3) is 0.667. The maximum absolute atomic E-state index is 5.65. The Labute approximate surface area is 96.1 Å². The molecule has 0 aromatic carbocycles. The molecule has 2 heterocycles. The number of hydrogen-bond donors (Lipinski definition) is 1. The number of aryl methyl sites for hydroxylation is 2. The van der Waals surface area contributed by atoms with Gasteiger partial charge in [-0.15, -0.1) is 11.3 Å². The number of rotatable bonds is 3. The molecule has 0 amide bonds. The van der Waals surface area contributed by atoms with Crippen molar-refractivity contribution in [2.45, 2.75) is 32.7 Å². The van der Waals surface area contributed by atoms with Gasteiger partial charge in [0.1, 0.15) is 0 Å². The minimum absolute atomic E-state index is 0.644. The van der Waals surface area contributed by atoms with Crippen molar-refractivity contribution in [2.24, 2.45) is 5.73 Å². The third-order valence-corrected chi connectivity index (χ3v) is 4.55. The zero-order valence-electron chi connectivity index (χ0n) is 9.62. The van der Waals surface area contributed by atoms with Gasteiger partial charge in [-0.05, 0) is 44.9 Å². The lowest BCUT2D eigenvalue weighted by atomic mass is 10.1. The Morgan fingerprint density at radius 1 is 1.53 bits per heavy atom. The summed E-state index contributed by atoms with van der Waals surface area (Å²) in [5.41, 5.74) is 7.08. The molecule has 0 aliphatic carbocycles. The van der Waals surface area contributed by atoms with Crippen LogP contribution in [0.15, 0.2) is 6.07 Å². The second kappa shape index (κ2) is 4.64. The summed E-state index contributed by atoms with van der Waals surface area (Å²) in [5, 5.41) is 0. The molecule has 0 unspecified atom stereocenters. The molecule has 1 aliphatic heterocycles. The Kier molecular flexibility index (Phi) is 3.44. The van der Waals surface area contributed by atoms with E-state index in [0.29, 0.717) is 6.04 Å². The van der Waals surface area contributed by atoms with Crippen LogP contribution in [0.25, 0.3) is 0 Å². The average molecular weight is 224 g/mol. The Bertz CT molecular complexity index is 313. The molecule has 0 spiro atoms. The molecule has 2 N–H and O–H groups in total. The molecule has 1 saturated heterocycles. The predicted molar refractivity (Wildman–Crippen MR) is 66.4 cm³/mol. The molecule has 1 aliphatic rings. The molecule has 2 nitrogen and oxygen atoms in total. The SMILES string of the molecule is Cc1cc([C@@H]2CCCN2CCN)sc1C. The number of nitrogens with zero attached hydrogens (tertiary/aromatic N) is 1. The molecule has 15 heavy (non-hydrogen) atoms. The maximum Gasteiger partial charge on any atom is 0.0442 e. The van der Waals surface area contributed by atoms with Crippen LogP contribution in [0.3, 0.4) is 0 Å². The molecule has 1 aromatic heterocycles. The van der Waals surface area contributed by atoms with E-state index in [1.165, 1.54) is 34.7 Å². The van der Waals surface area contributed by atoms with Crippen molar-refractivity contribution in [3.05, 3.63) is 21.4 Å². The first-order valence-corrected chi connectivity index (χ1v) is 6.55. The van der Waals surface area contributed by atoms with E-state index in [0.717, 1.165) is 13.1 Å². The van der Waals surface area contributed by atoms with E-state index in [1.54, 1.807) is 0 Å². The highest BCUT2D eigenvalue weighted by Gasteiger charge is 2.26. The highest BCUT2D eigenvalue weighted by molar-refractivity contribution is 7.12. The predicted octanol–water partition coefficient (Wildman–Crippen LogP) is 2.46. The van der Waals surface area contributed by atoms with Gasteiger partial charge in [-0.3, -0.25) is 4.90 Å². The first-order valence-electron chi connectivity index (χ1n) is 5.73. The Morgan fingerprint density at radius 2 is 2.33 bits per heavy atom. The monoisotopic (exact) mass is 224 g/mol. The minimum atomic E-state index is 0.644. The third kappa shape index (κ3) is 2.25. The van der Waals surface area contributed by atoms with Crippen LogP contribution >= 0.6 is 11.3 Å². The lowest BCUT2D eigenvalue weighted by Gasteiger charge is -2.22. The first-order chi connectivity index (χ1) is 7.22. The summed E-state index contributed by atoms with van der Waals surface area (Å²) in [5.74, 6) is 0. The van der Waals surface area contributed by atoms with Gasteiger partial charge >= 0.3 is 0 Å².